The van der Waals surface area contributed by atoms with Crippen LogP contribution in [0.3, 0.4) is 0 Å². The Bertz CT molecular complexity index is 977. The van der Waals surface area contributed by atoms with Crippen molar-refractivity contribution in [1.29, 1.82) is 0 Å². The van der Waals surface area contributed by atoms with Gasteiger partial charge in [-0.2, -0.15) is 0 Å². The van der Waals surface area contributed by atoms with Gasteiger partial charge in [0.15, 0.2) is 0 Å². The first kappa shape index (κ1) is 22.2. The monoisotopic (exact) mass is 436 g/mol. The molecule has 2 aliphatic heterocycles. The summed E-state index contributed by atoms with van der Waals surface area (Å²) in [6.45, 7) is 6.97. The molecular formula is C25H32N4O3. The number of carbonyl (C=O) groups is 2. The Kier molecular flexibility index (Phi) is 6.72. The van der Waals surface area contributed by atoms with E-state index in [2.05, 4.69) is 0 Å². The van der Waals surface area contributed by atoms with Crippen molar-refractivity contribution in [3.63, 3.8) is 0 Å². The van der Waals surface area contributed by atoms with Crippen LogP contribution in [0.25, 0.3) is 0 Å². The van der Waals surface area contributed by atoms with E-state index in [1.54, 1.807) is 13.2 Å². The van der Waals surface area contributed by atoms with Gasteiger partial charge in [-0.1, -0.05) is 6.07 Å². The Morgan fingerprint density at radius 1 is 1.03 bits per heavy atom. The van der Waals surface area contributed by atoms with Crippen LogP contribution in [0.2, 0.25) is 0 Å². The molecule has 170 valence electrons. The number of carbonyl (C=O) groups excluding carboxylic acids is 2. The van der Waals surface area contributed by atoms with Crippen LogP contribution in [0.5, 0.6) is 5.75 Å². The van der Waals surface area contributed by atoms with Crippen LogP contribution in [-0.4, -0.2) is 64.9 Å². The molecular weight excluding hydrogens is 404 g/mol. The molecule has 2 aliphatic rings. The number of nitrogens with zero attached hydrogens (tertiary/aromatic N) is 4. The summed E-state index contributed by atoms with van der Waals surface area (Å²) in [5, 5.41) is 0. The van der Waals surface area contributed by atoms with Gasteiger partial charge < -0.3 is 14.5 Å². The van der Waals surface area contributed by atoms with E-state index in [0.717, 1.165) is 68.1 Å². The SMILES string of the molecule is COc1cccc(C(=O)N2CCC[C@@H](c3nc(C)c(CC(=O)N4CCCC4)c(C)n3)C2)c1. The summed E-state index contributed by atoms with van der Waals surface area (Å²) < 4.78 is 5.26. The summed E-state index contributed by atoms with van der Waals surface area (Å²) in [6, 6.07) is 7.28. The van der Waals surface area contributed by atoms with Gasteiger partial charge >= 0.3 is 0 Å². The molecule has 0 bridgehead atoms. The lowest BCUT2D eigenvalue weighted by Gasteiger charge is -2.32. The second kappa shape index (κ2) is 9.67. The van der Waals surface area contributed by atoms with E-state index >= 15 is 0 Å². The fraction of sp³-hybridized carbons (Fsp3) is 0.520. The highest BCUT2D eigenvalue weighted by atomic mass is 16.5. The number of piperidine rings is 1. The van der Waals surface area contributed by atoms with Crippen molar-refractivity contribution >= 4 is 11.8 Å². The Hall–Kier alpha value is -2.96. The summed E-state index contributed by atoms with van der Waals surface area (Å²) in [7, 11) is 1.60. The van der Waals surface area contributed by atoms with Crippen molar-refractivity contribution in [3.05, 3.63) is 52.6 Å². The molecule has 1 aromatic carbocycles. The third kappa shape index (κ3) is 4.76. The minimum absolute atomic E-state index is 0.00914. The Morgan fingerprint density at radius 2 is 1.72 bits per heavy atom. The smallest absolute Gasteiger partial charge is 0.254 e. The van der Waals surface area contributed by atoms with Crippen molar-refractivity contribution < 1.29 is 14.3 Å². The molecule has 0 aliphatic carbocycles. The van der Waals surface area contributed by atoms with Crippen LogP contribution in [0.4, 0.5) is 0 Å². The van der Waals surface area contributed by atoms with Crippen molar-refractivity contribution in [2.75, 3.05) is 33.3 Å². The minimum Gasteiger partial charge on any atom is -0.497 e. The second-order valence-electron chi connectivity index (χ2n) is 8.82. The highest BCUT2D eigenvalue weighted by Gasteiger charge is 2.28. The Morgan fingerprint density at radius 3 is 2.41 bits per heavy atom. The van der Waals surface area contributed by atoms with Gasteiger partial charge in [-0.25, -0.2) is 9.97 Å². The van der Waals surface area contributed by atoms with Gasteiger partial charge in [0.05, 0.1) is 13.5 Å². The maximum atomic E-state index is 13.1. The number of amides is 2. The van der Waals surface area contributed by atoms with Crippen molar-refractivity contribution in [2.45, 2.75) is 51.9 Å². The molecule has 0 N–H and O–H groups in total. The molecule has 1 atom stereocenters. The van der Waals surface area contributed by atoms with Crippen LogP contribution < -0.4 is 4.74 Å². The minimum atomic E-state index is 0.00914. The Balaban J connectivity index is 1.48. The summed E-state index contributed by atoms with van der Waals surface area (Å²) in [6.07, 6.45) is 4.41. The van der Waals surface area contributed by atoms with Gasteiger partial charge in [0, 0.05) is 54.6 Å². The van der Waals surface area contributed by atoms with E-state index in [4.69, 9.17) is 14.7 Å². The lowest BCUT2D eigenvalue weighted by molar-refractivity contribution is -0.129. The first-order chi connectivity index (χ1) is 15.5. The molecule has 2 fully saturated rings. The molecule has 0 radical (unpaired) electrons. The van der Waals surface area contributed by atoms with Crippen LogP contribution >= 0.6 is 0 Å². The number of ether oxygens (including phenoxy) is 1. The van der Waals surface area contributed by atoms with Crippen molar-refractivity contribution in [3.8, 4) is 5.75 Å². The van der Waals surface area contributed by atoms with Gasteiger partial charge in [0.25, 0.3) is 5.91 Å². The summed E-state index contributed by atoms with van der Waals surface area (Å²) >= 11 is 0. The average molecular weight is 437 g/mol. The summed E-state index contributed by atoms with van der Waals surface area (Å²) in [5.74, 6) is 1.73. The predicted molar refractivity (Wildman–Crippen MR) is 122 cm³/mol. The van der Waals surface area contributed by atoms with E-state index in [-0.39, 0.29) is 17.7 Å². The number of aromatic nitrogens is 2. The third-order valence-corrected chi connectivity index (χ3v) is 6.62. The lowest BCUT2D eigenvalue weighted by atomic mass is 9.95. The molecule has 2 aromatic rings. The van der Waals surface area contributed by atoms with Gasteiger partial charge in [0.2, 0.25) is 5.91 Å². The number of methoxy groups -OCH3 is 1. The van der Waals surface area contributed by atoms with E-state index in [0.29, 0.717) is 24.3 Å². The van der Waals surface area contributed by atoms with Crippen molar-refractivity contribution in [1.82, 2.24) is 19.8 Å². The third-order valence-electron chi connectivity index (χ3n) is 6.62. The van der Waals surface area contributed by atoms with Crippen LogP contribution in [0.15, 0.2) is 24.3 Å². The zero-order valence-corrected chi connectivity index (χ0v) is 19.3. The molecule has 7 nitrogen and oxygen atoms in total. The molecule has 4 rings (SSSR count). The molecule has 0 unspecified atom stereocenters. The van der Waals surface area contributed by atoms with E-state index in [9.17, 15) is 9.59 Å². The van der Waals surface area contributed by atoms with Gasteiger partial charge in [-0.15, -0.1) is 0 Å². The maximum Gasteiger partial charge on any atom is 0.254 e. The first-order valence-electron chi connectivity index (χ1n) is 11.5. The van der Waals surface area contributed by atoms with Gasteiger partial charge in [-0.05, 0) is 57.7 Å². The second-order valence-corrected chi connectivity index (χ2v) is 8.82. The van der Waals surface area contributed by atoms with Crippen molar-refractivity contribution in [2.24, 2.45) is 0 Å². The number of hydrogen-bond acceptors (Lipinski definition) is 5. The fourth-order valence-corrected chi connectivity index (χ4v) is 4.74. The van der Waals surface area contributed by atoms with Crippen LogP contribution in [-0.2, 0) is 11.2 Å². The lowest BCUT2D eigenvalue weighted by Crippen LogP contribution is -2.39. The van der Waals surface area contributed by atoms with Gasteiger partial charge in [0.1, 0.15) is 11.6 Å². The predicted octanol–water partition coefficient (Wildman–Crippen LogP) is 3.29. The normalized spacial score (nSPS) is 18.7. The molecule has 32 heavy (non-hydrogen) atoms. The molecule has 0 spiro atoms. The highest BCUT2D eigenvalue weighted by molar-refractivity contribution is 5.94. The Labute approximate surface area is 189 Å². The molecule has 1 aromatic heterocycles. The van der Waals surface area contributed by atoms with E-state index in [1.165, 1.54) is 0 Å². The summed E-state index contributed by atoms with van der Waals surface area (Å²) in [5.41, 5.74) is 3.31. The quantitative estimate of drug-likeness (QED) is 0.719. The molecule has 3 heterocycles. The first-order valence-corrected chi connectivity index (χ1v) is 11.5. The standard InChI is InChI=1S/C25H32N4O3/c1-17-22(15-23(30)28-11-4-5-12-28)18(2)27-24(26-17)20-9-7-13-29(16-20)25(31)19-8-6-10-21(14-19)32-3/h6,8,10,14,20H,4-5,7,9,11-13,15-16H2,1-3H3/t20-/m1/s1. The average Bonchev–Trinajstić information content (AvgIpc) is 3.36. The van der Waals surface area contributed by atoms with Gasteiger partial charge in [-0.3, -0.25) is 9.59 Å². The molecule has 2 amide bonds. The van der Waals surface area contributed by atoms with E-state index in [1.807, 2.05) is 41.8 Å². The topological polar surface area (TPSA) is 75.6 Å². The number of rotatable bonds is 5. The molecule has 7 heteroatoms. The van der Waals surface area contributed by atoms with E-state index < -0.39 is 0 Å². The number of aryl methyl sites for hydroxylation is 2. The zero-order valence-electron chi connectivity index (χ0n) is 19.3. The largest absolute Gasteiger partial charge is 0.497 e. The molecule has 2 saturated heterocycles. The summed E-state index contributed by atoms with van der Waals surface area (Å²) in [4.78, 5) is 39.1. The highest BCUT2D eigenvalue weighted by Crippen LogP contribution is 2.28. The number of hydrogen-bond donors (Lipinski definition) is 0. The number of benzene rings is 1. The van der Waals surface area contributed by atoms with Crippen LogP contribution in [0, 0.1) is 13.8 Å². The molecule has 0 saturated carbocycles. The fourth-order valence-electron chi connectivity index (χ4n) is 4.74. The maximum absolute atomic E-state index is 13.1. The number of likely N-dealkylation sites (tertiary alicyclic amines) is 2. The zero-order chi connectivity index (χ0) is 22.7. The van der Waals surface area contributed by atoms with Crippen LogP contribution in [0.1, 0.15) is 64.7 Å².